The van der Waals surface area contributed by atoms with E-state index < -0.39 is 4.92 Å². The Balaban J connectivity index is 1.66. The molecule has 2 aromatic rings. The summed E-state index contributed by atoms with van der Waals surface area (Å²) in [5, 5.41) is 19.6. The van der Waals surface area contributed by atoms with Gasteiger partial charge >= 0.3 is 5.69 Å². The van der Waals surface area contributed by atoms with Crippen LogP contribution < -0.4 is 5.32 Å². The van der Waals surface area contributed by atoms with E-state index >= 15 is 0 Å². The molecule has 23 heavy (non-hydrogen) atoms. The molecule has 0 aliphatic heterocycles. The topological polar surface area (TPSA) is 90.1 Å². The van der Waals surface area contributed by atoms with Gasteiger partial charge in [0.1, 0.15) is 18.9 Å². The SMILES string of the molecule is O=C(Cn1cc([N+](=O)[O-])cn1)N[C@@H](c1cccs1)C1CCCC1. The zero-order valence-electron chi connectivity index (χ0n) is 12.6. The number of aromatic nitrogens is 2. The molecule has 7 nitrogen and oxygen atoms in total. The first-order chi connectivity index (χ1) is 11.1. The van der Waals surface area contributed by atoms with E-state index in [4.69, 9.17) is 0 Å². The van der Waals surface area contributed by atoms with E-state index in [0.29, 0.717) is 5.92 Å². The zero-order valence-corrected chi connectivity index (χ0v) is 13.4. The lowest BCUT2D eigenvalue weighted by molar-refractivity contribution is -0.385. The van der Waals surface area contributed by atoms with E-state index in [1.165, 1.54) is 23.7 Å². The molecule has 1 saturated carbocycles. The van der Waals surface area contributed by atoms with E-state index in [-0.39, 0.29) is 24.2 Å². The molecule has 1 fully saturated rings. The van der Waals surface area contributed by atoms with Crippen LogP contribution in [0.3, 0.4) is 0 Å². The van der Waals surface area contributed by atoms with Gasteiger partial charge in [-0.15, -0.1) is 11.3 Å². The van der Waals surface area contributed by atoms with Crippen LogP contribution in [0, 0.1) is 16.0 Å². The van der Waals surface area contributed by atoms with E-state index in [1.54, 1.807) is 11.3 Å². The molecule has 1 atom stereocenters. The molecular formula is C15H18N4O3S. The predicted molar refractivity (Wildman–Crippen MR) is 86.0 cm³/mol. The summed E-state index contributed by atoms with van der Waals surface area (Å²) >= 11 is 1.65. The number of carbonyl (C=O) groups is 1. The van der Waals surface area contributed by atoms with Crippen LogP contribution in [0.2, 0.25) is 0 Å². The third-order valence-electron chi connectivity index (χ3n) is 4.17. The van der Waals surface area contributed by atoms with Gasteiger partial charge in [0.15, 0.2) is 0 Å². The Morgan fingerprint density at radius 1 is 1.52 bits per heavy atom. The van der Waals surface area contributed by atoms with Gasteiger partial charge in [-0.3, -0.25) is 19.6 Å². The maximum atomic E-state index is 12.3. The average molecular weight is 334 g/mol. The molecule has 2 heterocycles. The summed E-state index contributed by atoms with van der Waals surface area (Å²) in [5.74, 6) is 0.290. The lowest BCUT2D eigenvalue weighted by Crippen LogP contribution is -2.34. The van der Waals surface area contributed by atoms with Crippen molar-refractivity contribution in [3.05, 3.63) is 44.9 Å². The minimum absolute atomic E-state index is 0.0115. The molecule has 1 N–H and O–H groups in total. The quantitative estimate of drug-likeness (QED) is 0.649. The third kappa shape index (κ3) is 3.76. The van der Waals surface area contributed by atoms with Crippen molar-refractivity contribution in [3.63, 3.8) is 0 Å². The fourth-order valence-corrected chi connectivity index (χ4v) is 3.95. The van der Waals surface area contributed by atoms with Gasteiger partial charge in [0.25, 0.3) is 0 Å². The minimum atomic E-state index is -0.519. The largest absolute Gasteiger partial charge is 0.347 e. The van der Waals surface area contributed by atoms with Crippen molar-refractivity contribution in [2.75, 3.05) is 0 Å². The van der Waals surface area contributed by atoms with Crippen LogP contribution in [0.15, 0.2) is 29.9 Å². The summed E-state index contributed by atoms with van der Waals surface area (Å²) in [6.45, 7) is -0.0115. The summed E-state index contributed by atoms with van der Waals surface area (Å²) < 4.78 is 1.30. The van der Waals surface area contributed by atoms with Gasteiger partial charge in [-0.25, -0.2) is 0 Å². The second-order valence-corrected chi connectivity index (χ2v) is 6.74. The molecular weight excluding hydrogens is 316 g/mol. The summed E-state index contributed by atoms with van der Waals surface area (Å²) in [4.78, 5) is 23.6. The van der Waals surface area contributed by atoms with Gasteiger partial charge in [0.2, 0.25) is 5.91 Å². The molecule has 0 radical (unpaired) electrons. The van der Waals surface area contributed by atoms with Crippen LogP contribution >= 0.6 is 11.3 Å². The first kappa shape index (κ1) is 15.7. The summed E-state index contributed by atoms with van der Waals surface area (Å²) in [6, 6.07) is 4.06. The maximum absolute atomic E-state index is 12.3. The average Bonchev–Trinajstić information content (AvgIpc) is 3.26. The van der Waals surface area contributed by atoms with E-state index in [2.05, 4.69) is 10.4 Å². The van der Waals surface area contributed by atoms with Crippen LogP contribution in [0.5, 0.6) is 0 Å². The molecule has 0 aromatic carbocycles. The molecule has 3 rings (SSSR count). The van der Waals surface area contributed by atoms with Crippen molar-refractivity contribution in [1.29, 1.82) is 0 Å². The highest BCUT2D eigenvalue weighted by Crippen LogP contribution is 2.37. The second-order valence-electron chi connectivity index (χ2n) is 5.76. The van der Waals surface area contributed by atoms with Gasteiger partial charge < -0.3 is 5.32 Å². The molecule has 122 valence electrons. The highest BCUT2D eigenvalue weighted by molar-refractivity contribution is 7.10. The van der Waals surface area contributed by atoms with E-state index in [9.17, 15) is 14.9 Å². The van der Waals surface area contributed by atoms with Crippen LogP contribution in [-0.2, 0) is 11.3 Å². The molecule has 0 saturated heterocycles. The van der Waals surface area contributed by atoms with Gasteiger partial charge in [0.05, 0.1) is 11.0 Å². The second kappa shape index (κ2) is 6.91. The number of hydrogen-bond acceptors (Lipinski definition) is 5. The number of thiophene rings is 1. The minimum Gasteiger partial charge on any atom is -0.347 e. The van der Waals surface area contributed by atoms with E-state index in [0.717, 1.165) is 23.9 Å². The molecule has 1 amide bonds. The first-order valence-corrected chi connectivity index (χ1v) is 8.51. The molecule has 0 unspecified atom stereocenters. The van der Waals surface area contributed by atoms with Crippen molar-refractivity contribution >= 4 is 22.9 Å². The van der Waals surface area contributed by atoms with Crippen molar-refractivity contribution in [2.45, 2.75) is 38.3 Å². The standard InChI is InChI=1S/C15H18N4O3S/c20-14(10-18-9-12(8-16-18)19(21)22)17-15(11-4-1-2-5-11)13-6-3-7-23-13/h3,6-9,11,15H,1-2,4-5,10H2,(H,17,20)/t15-/m1/s1. The van der Waals surface area contributed by atoms with Gasteiger partial charge in [-0.2, -0.15) is 5.10 Å². The number of nitrogens with zero attached hydrogens (tertiary/aromatic N) is 3. The van der Waals surface area contributed by atoms with Crippen molar-refractivity contribution in [3.8, 4) is 0 Å². The molecule has 0 spiro atoms. The fourth-order valence-electron chi connectivity index (χ4n) is 3.08. The molecule has 8 heteroatoms. The summed E-state index contributed by atoms with van der Waals surface area (Å²) in [7, 11) is 0. The lowest BCUT2D eigenvalue weighted by atomic mass is 9.96. The fraction of sp³-hybridized carbons (Fsp3) is 0.467. The smallest absolute Gasteiger partial charge is 0.307 e. The third-order valence-corrected chi connectivity index (χ3v) is 5.13. The van der Waals surface area contributed by atoms with Gasteiger partial charge in [-0.05, 0) is 30.2 Å². The van der Waals surface area contributed by atoms with Crippen LogP contribution in [0.4, 0.5) is 5.69 Å². The Labute approximate surface area is 137 Å². The molecule has 0 bridgehead atoms. The Kier molecular flexibility index (Phi) is 4.71. The zero-order chi connectivity index (χ0) is 16.2. The number of rotatable bonds is 6. The number of carbonyl (C=O) groups excluding carboxylic acids is 1. The maximum Gasteiger partial charge on any atom is 0.307 e. The van der Waals surface area contributed by atoms with Crippen molar-refractivity contribution < 1.29 is 9.72 Å². The van der Waals surface area contributed by atoms with Crippen LogP contribution in [0.1, 0.15) is 36.6 Å². The first-order valence-electron chi connectivity index (χ1n) is 7.63. The Hall–Kier alpha value is -2.22. The highest BCUT2D eigenvalue weighted by atomic mass is 32.1. The lowest BCUT2D eigenvalue weighted by Gasteiger charge is -2.23. The molecule has 2 aromatic heterocycles. The Bertz CT molecular complexity index is 677. The van der Waals surface area contributed by atoms with Gasteiger partial charge in [-0.1, -0.05) is 18.9 Å². The van der Waals surface area contributed by atoms with Crippen molar-refractivity contribution in [1.82, 2.24) is 15.1 Å². The number of nitrogens with one attached hydrogen (secondary N) is 1. The number of nitro groups is 1. The number of hydrogen-bond donors (Lipinski definition) is 1. The summed E-state index contributed by atoms with van der Waals surface area (Å²) in [6.07, 6.45) is 7.07. The summed E-state index contributed by atoms with van der Waals surface area (Å²) in [5.41, 5.74) is -0.108. The number of amides is 1. The Morgan fingerprint density at radius 3 is 2.91 bits per heavy atom. The Morgan fingerprint density at radius 2 is 2.30 bits per heavy atom. The van der Waals surface area contributed by atoms with Crippen LogP contribution in [-0.4, -0.2) is 20.6 Å². The highest BCUT2D eigenvalue weighted by Gasteiger charge is 2.28. The van der Waals surface area contributed by atoms with Crippen molar-refractivity contribution in [2.24, 2.45) is 5.92 Å². The van der Waals surface area contributed by atoms with Gasteiger partial charge in [0, 0.05) is 4.88 Å². The molecule has 1 aliphatic carbocycles. The molecule has 1 aliphatic rings. The predicted octanol–water partition coefficient (Wildman–Crippen LogP) is 2.90. The van der Waals surface area contributed by atoms with E-state index in [1.807, 2.05) is 17.5 Å². The van der Waals surface area contributed by atoms with Crippen LogP contribution in [0.25, 0.3) is 0 Å². The normalized spacial score (nSPS) is 16.3. The monoisotopic (exact) mass is 334 g/mol.